The Morgan fingerprint density at radius 3 is 3.18 bits per heavy atom. The first-order valence-electron chi connectivity index (χ1n) is 5.89. The summed E-state index contributed by atoms with van der Waals surface area (Å²) in [4.78, 5) is 0.841. The molecule has 1 aliphatic heterocycles. The molecule has 2 rings (SSSR count). The van der Waals surface area contributed by atoms with Gasteiger partial charge in [0.2, 0.25) is 0 Å². The van der Waals surface area contributed by atoms with Crippen molar-refractivity contribution >= 4 is 23.5 Å². The van der Waals surface area contributed by atoms with Crippen molar-refractivity contribution in [3.05, 3.63) is 29.6 Å². The minimum atomic E-state index is -0.0723. The summed E-state index contributed by atoms with van der Waals surface area (Å²) in [6.07, 6.45) is 3.21. The highest BCUT2D eigenvalue weighted by molar-refractivity contribution is 7.99. The van der Waals surface area contributed by atoms with E-state index in [1.807, 2.05) is 23.9 Å². The molecule has 0 aliphatic carbocycles. The van der Waals surface area contributed by atoms with Gasteiger partial charge in [-0.2, -0.15) is 11.8 Å². The van der Waals surface area contributed by atoms with Crippen LogP contribution in [0.2, 0.25) is 0 Å². The number of nitrogens with one attached hydrogen (secondary N) is 1. The molecule has 0 saturated heterocycles. The number of rotatable bonds is 4. The van der Waals surface area contributed by atoms with Crippen LogP contribution >= 0.6 is 23.5 Å². The zero-order valence-electron chi connectivity index (χ0n) is 10.2. The monoisotopic (exact) mass is 271 g/mol. The first-order valence-corrected chi connectivity index (χ1v) is 8.17. The quantitative estimate of drug-likeness (QED) is 0.896. The average Bonchev–Trinajstić information content (AvgIpc) is 2.36. The third kappa shape index (κ3) is 3.18. The number of fused-ring (bicyclic) bond motifs is 1. The molecule has 0 amide bonds. The Kier molecular flexibility index (Phi) is 4.77. The van der Waals surface area contributed by atoms with Crippen LogP contribution in [-0.4, -0.2) is 23.8 Å². The van der Waals surface area contributed by atoms with Crippen LogP contribution in [0.15, 0.2) is 23.1 Å². The first-order chi connectivity index (χ1) is 8.22. The van der Waals surface area contributed by atoms with Crippen molar-refractivity contribution in [3.63, 3.8) is 0 Å². The van der Waals surface area contributed by atoms with Crippen LogP contribution in [0.1, 0.15) is 24.9 Å². The molecular formula is C13H18FNS2. The fourth-order valence-corrected chi connectivity index (χ4v) is 3.39. The third-order valence-electron chi connectivity index (χ3n) is 3.08. The molecule has 1 N–H and O–H groups in total. The summed E-state index contributed by atoms with van der Waals surface area (Å²) in [5.74, 6) is 0.927. The normalized spacial score (nSPS) is 21.0. The fourth-order valence-electron chi connectivity index (χ4n) is 1.99. The van der Waals surface area contributed by atoms with Crippen LogP contribution in [0.4, 0.5) is 4.39 Å². The van der Waals surface area contributed by atoms with Crippen molar-refractivity contribution in [1.29, 1.82) is 0 Å². The van der Waals surface area contributed by atoms with Crippen LogP contribution in [0.5, 0.6) is 0 Å². The van der Waals surface area contributed by atoms with Gasteiger partial charge < -0.3 is 5.32 Å². The van der Waals surface area contributed by atoms with E-state index in [2.05, 4.69) is 18.5 Å². The van der Waals surface area contributed by atoms with Crippen molar-refractivity contribution in [2.75, 3.05) is 18.6 Å². The van der Waals surface area contributed by atoms with Crippen LogP contribution in [0, 0.1) is 5.82 Å². The Morgan fingerprint density at radius 1 is 1.59 bits per heavy atom. The molecule has 0 fully saturated rings. The van der Waals surface area contributed by atoms with Crippen molar-refractivity contribution in [3.8, 4) is 0 Å². The molecule has 1 aromatic carbocycles. The summed E-state index contributed by atoms with van der Waals surface area (Å²) in [6.45, 7) is 3.19. The average molecular weight is 271 g/mol. The van der Waals surface area contributed by atoms with E-state index in [-0.39, 0.29) is 5.82 Å². The minimum absolute atomic E-state index is 0.0723. The third-order valence-corrected chi connectivity index (χ3v) is 5.21. The minimum Gasteiger partial charge on any atom is -0.309 e. The molecule has 0 aromatic heterocycles. The molecule has 0 bridgehead atoms. The molecule has 2 atom stereocenters. The standard InChI is InChI=1S/C13H18FNS2/c1-9(16-2)8-15-12-6-7-17-13-10(12)4-3-5-11(13)14/h3-5,9,12,15H,6-8H2,1-2H3. The van der Waals surface area contributed by atoms with Crippen LogP contribution in [0.25, 0.3) is 0 Å². The van der Waals surface area contributed by atoms with Crippen molar-refractivity contribution in [1.82, 2.24) is 5.32 Å². The van der Waals surface area contributed by atoms with E-state index in [1.54, 1.807) is 17.8 Å². The zero-order chi connectivity index (χ0) is 12.3. The molecule has 0 saturated carbocycles. The Morgan fingerprint density at radius 2 is 2.41 bits per heavy atom. The molecule has 0 radical (unpaired) electrons. The largest absolute Gasteiger partial charge is 0.309 e. The van der Waals surface area contributed by atoms with Gasteiger partial charge in [0.1, 0.15) is 5.82 Å². The molecule has 1 aromatic rings. The lowest BCUT2D eigenvalue weighted by Crippen LogP contribution is -2.29. The Balaban J connectivity index is 2.09. The lowest BCUT2D eigenvalue weighted by Gasteiger charge is -2.27. The molecule has 1 aliphatic rings. The topological polar surface area (TPSA) is 12.0 Å². The van der Waals surface area contributed by atoms with Gasteiger partial charge >= 0.3 is 0 Å². The second-order valence-corrected chi connectivity index (χ2v) is 6.68. The summed E-state index contributed by atoms with van der Waals surface area (Å²) >= 11 is 3.49. The predicted octanol–water partition coefficient (Wildman–Crippen LogP) is 3.70. The maximum atomic E-state index is 13.7. The van der Waals surface area contributed by atoms with Gasteiger partial charge in [-0.15, -0.1) is 11.8 Å². The van der Waals surface area contributed by atoms with Crippen molar-refractivity contribution in [2.45, 2.75) is 29.5 Å². The molecule has 2 unspecified atom stereocenters. The summed E-state index contributed by atoms with van der Waals surface area (Å²) in [6, 6.07) is 5.73. The van der Waals surface area contributed by atoms with E-state index >= 15 is 0 Å². The maximum absolute atomic E-state index is 13.7. The first kappa shape index (κ1) is 13.2. The predicted molar refractivity (Wildman–Crippen MR) is 75.5 cm³/mol. The van der Waals surface area contributed by atoms with E-state index in [9.17, 15) is 4.39 Å². The summed E-state index contributed by atoms with van der Waals surface area (Å²) < 4.78 is 13.7. The highest BCUT2D eigenvalue weighted by Crippen LogP contribution is 2.37. The van der Waals surface area contributed by atoms with Gasteiger partial charge in [0, 0.05) is 22.7 Å². The zero-order valence-corrected chi connectivity index (χ0v) is 11.8. The Bertz CT molecular complexity index is 384. The van der Waals surface area contributed by atoms with Crippen LogP contribution in [-0.2, 0) is 0 Å². The second-order valence-electron chi connectivity index (χ2n) is 4.30. The summed E-state index contributed by atoms with van der Waals surface area (Å²) in [7, 11) is 0. The number of hydrogen-bond acceptors (Lipinski definition) is 3. The van der Waals surface area contributed by atoms with E-state index < -0.39 is 0 Å². The number of halogens is 1. The van der Waals surface area contributed by atoms with Gasteiger partial charge in [-0.3, -0.25) is 0 Å². The molecule has 94 valence electrons. The van der Waals surface area contributed by atoms with Gasteiger partial charge in [-0.05, 0) is 30.1 Å². The molecule has 1 nitrogen and oxygen atoms in total. The molecular weight excluding hydrogens is 253 g/mol. The molecule has 0 spiro atoms. The molecule has 4 heteroatoms. The van der Waals surface area contributed by atoms with E-state index in [1.165, 1.54) is 0 Å². The number of hydrogen-bond donors (Lipinski definition) is 1. The Labute approximate surface area is 111 Å². The fraction of sp³-hybridized carbons (Fsp3) is 0.538. The highest BCUT2D eigenvalue weighted by Gasteiger charge is 2.22. The van der Waals surface area contributed by atoms with Crippen molar-refractivity contribution < 1.29 is 4.39 Å². The lowest BCUT2D eigenvalue weighted by atomic mass is 10.0. The van der Waals surface area contributed by atoms with Gasteiger partial charge in [-0.1, -0.05) is 19.1 Å². The lowest BCUT2D eigenvalue weighted by molar-refractivity contribution is 0.500. The number of thioether (sulfide) groups is 2. The summed E-state index contributed by atoms with van der Waals surface area (Å²) in [5, 5.41) is 4.15. The SMILES string of the molecule is CSC(C)CNC1CCSc2c(F)cccc21. The van der Waals surface area contributed by atoms with Crippen LogP contribution < -0.4 is 5.32 Å². The van der Waals surface area contributed by atoms with Gasteiger partial charge in [0.15, 0.2) is 0 Å². The van der Waals surface area contributed by atoms with Crippen LogP contribution in [0.3, 0.4) is 0 Å². The van der Waals surface area contributed by atoms with E-state index in [4.69, 9.17) is 0 Å². The van der Waals surface area contributed by atoms with Crippen molar-refractivity contribution in [2.24, 2.45) is 0 Å². The number of benzene rings is 1. The van der Waals surface area contributed by atoms with Gasteiger partial charge in [-0.25, -0.2) is 4.39 Å². The summed E-state index contributed by atoms with van der Waals surface area (Å²) in [5.41, 5.74) is 1.13. The maximum Gasteiger partial charge on any atom is 0.137 e. The molecule has 1 heterocycles. The highest BCUT2D eigenvalue weighted by atomic mass is 32.2. The second kappa shape index (κ2) is 6.12. The van der Waals surface area contributed by atoms with Gasteiger partial charge in [0.25, 0.3) is 0 Å². The van der Waals surface area contributed by atoms with Gasteiger partial charge in [0.05, 0.1) is 0 Å². The Hall–Kier alpha value is -0.190. The smallest absolute Gasteiger partial charge is 0.137 e. The molecule has 17 heavy (non-hydrogen) atoms. The van der Waals surface area contributed by atoms with E-state index in [0.717, 1.165) is 29.2 Å². The van der Waals surface area contributed by atoms with E-state index in [0.29, 0.717) is 11.3 Å².